The highest BCUT2D eigenvalue weighted by atomic mass is 32.1. The highest BCUT2D eigenvalue weighted by molar-refractivity contribution is 7.73. The molecule has 1 fully saturated rings. The van der Waals surface area contributed by atoms with Gasteiger partial charge in [0.1, 0.15) is 11.1 Å². The summed E-state index contributed by atoms with van der Waals surface area (Å²) in [5.74, 6) is 0.772. The van der Waals surface area contributed by atoms with Gasteiger partial charge in [-0.1, -0.05) is 38.4 Å². The summed E-state index contributed by atoms with van der Waals surface area (Å²) in [5.41, 5.74) is 2.89. The van der Waals surface area contributed by atoms with Gasteiger partial charge in [-0.15, -0.1) is 11.3 Å². The van der Waals surface area contributed by atoms with Crippen molar-refractivity contribution in [1.29, 1.82) is 5.26 Å². The van der Waals surface area contributed by atoms with Crippen LogP contribution in [0, 0.1) is 27.0 Å². The van der Waals surface area contributed by atoms with Gasteiger partial charge in [-0.25, -0.2) is 0 Å². The number of hydrogen-bond acceptors (Lipinski definition) is 4. The summed E-state index contributed by atoms with van der Waals surface area (Å²) in [7, 11) is 0. The lowest BCUT2D eigenvalue weighted by molar-refractivity contribution is -0.120. The van der Waals surface area contributed by atoms with E-state index in [4.69, 9.17) is 12.2 Å². The van der Waals surface area contributed by atoms with Gasteiger partial charge in [0.05, 0.1) is 9.39 Å². The third-order valence-electron chi connectivity index (χ3n) is 5.10. The van der Waals surface area contributed by atoms with E-state index < -0.39 is 0 Å². The number of anilines is 1. The summed E-state index contributed by atoms with van der Waals surface area (Å²) in [5, 5.41) is 13.3. The van der Waals surface area contributed by atoms with Gasteiger partial charge in [0.2, 0.25) is 5.91 Å². The standard InChI is InChI=1S/C18H22N2OS2/c1-11-7-8-13-14(9-11)18(22)23-17(15(13)10-19)20-16(21)12-5-3-2-4-6-12/h11-12H,2-9H2,1H3,(H,20,21). The Kier molecular flexibility index (Phi) is 5.13. The molecule has 2 aliphatic rings. The van der Waals surface area contributed by atoms with Gasteiger partial charge in [0, 0.05) is 5.92 Å². The van der Waals surface area contributed by atoms with Crippen molar-refractivity contribution in [2.45, 2.75) is 58.3 Å². The van der Waals surface area contributed by atoms with E-state index in [2.05, 4.69) is 18.3 Å². The highest BCUT2D eigenvalue weighted by Crippen LogP contribution is 2.36. The van der Waals surface area contributed by atoms with Crippen LogP contribution in [0.15, 0.2) is 0 Å². The average Bonchev–Trinajstić information content (AvgIpc) is 2.56. The van der Waals surface area contributed by atoms with Crippen LogP contribution in [0.25, 0.3) is 0 Å². The fourth-order valence-electron chi connectivity index (χ4n) is 3.73. The molecule has 3 rings (SSSR count). The minimum Gasteiger partial charge on any atom is -0.316 e. The lowest BCUT2D eigenvalue weighted by atomic mass is 9.85. The van der Waals surface area contributed by atoms with E-state index in [0.717, 1.165) is 59.9 Å². The Balaban J connectivity index is 1.91. The number of amides is 1. The third kappa shape index (κ3) is 3.49. The van der Waals surface area contributed by atoms with E-state index in [-0.39, 0.29) is 11.8 Å². The molecule has 0 radical (unpaired) electrons. The van der Waals surface area contributed by atoms with Crippen molar-refractivity contribution in [3.63, 3.8) is 0 Å². The van der Waals surface area contributed by atoms with Gasteiger partial charge >= 0.3 is 0 Å². The van der Waals surface area contributed by atoms with E-state index in [1.165, 1.54) is 17.8 Å². The molecule has 0 spiro atoms. The first-order chi connectivity index (χ1) is 11.1. The normalized spacial score (nSPS) is 21.3. The van der Waals surface area contributed by atoms with Crippen molar-refractivity contribution in [3.8, 4) is 6.07 Å². The Labute approximate surface area is 146 Å². The zero-order valence-corrected chi connectivity index (χ0v) is 15.1. The van der Waals surface area contributed by atoms with Crippen molar-refractivity contribution in [2.24, 2.45) is 11.8 Å². The molecule has 0 aliphatic heterocycles. The maximum absolute atomic E-state index is 12.5. The van der Waals surface area contributed by atoms with Crippen LogP contribution in [0.4, 0.5) is 5.00 Å². The second-order valence-corrected chi connectivity index (χ2v) is 8.52. The highest BCUT2D eigenvalue weighted by Gasteiger charge is 2.26. The van der Waals surface area contributed by atoms with Crippen molar-refractivity contribution >= 4 is 34.5 Å². The molecule has 1 saturated carbocycles. The fourth-order valence-corrected chi connectivity index (χ4v) is 5.12. The number of hydrogen-bond donors (Lipinski definition) is 1. The molecule has 0 saturated heterocycles. The summed E-state index contributed by atoms with van der Waals surface area (Å²) in [4.78, 5) is 12.5. The number of carbonyl (C=O) groups excluding carboxylic acids is 1. The zero-order chi connectivity index (χ0) is 16.4. The van der Waals surface area contributed by atoms with Crippen LogP contribution in [0.3, 0.4) is 0 Å². The van der Waals surface area contributed by atoms with Crippen molar-refractivity contribution in [1.82, 2.24) is 0 Å². The SMILES string of the molecule is CC1CCc2c(C#N)c(NC(=O)C3CCCCC3)sc(=S)c2C1. The topological polar surface area (TPSA) is 52.9 Å². The van der Waals surface area contributed by atoms with Crippen LogP contribution in [0.5, 0.6) is 0 Å². The zero-order valence-electron chi connectivity index (χ0n) is 13.5. The van der Waals surface area contributed by atoms with Crippen molar-refractivity contribution < 1.29 is 4.79 Å². The molecule has 1 aromatic heterocycles. The Morgan fingerprint density at radius 1 is 1.26 bits per heavy atom. The molecule has 23 heavy (non-hydrogen) atoms. The molecule has 3 nitrogen and oxygen atoms in total. The Bertz CT molecular complexity index is 711. The first kappa shape index (κ1) is 16.6. The molecule has 1 N–H and O–H groups in total. The van der Waals surface area contributed by atoms with Gasteiger partial charge in [-0.05, 0) is 49.1 Å². The number of nitrogens with zero attached hydrogens (tertiary/aromatic N) is 1. The summed E-state index contributed by atoms with van der Waals surface area (Å²) in [6.45, 7) is 2.23. The largest absolute Gasteiger partial charge is 0.316 e. The van der Waals surface area contributed by atoms with Gasteiger partial charge in [0.25, 0.3) is 0 Å². The molecular weight excluding hydrogens is 324 g/mol. The molecule has 1 unspecified atom stereocenters. The number of rotatable bonds is 2. The van der Waals surface area contributed by atoms with Gasteiger partial charge in [0.15, 0.2) is 0 Å². The Morgan fingerprint density at radius 3 is 2.70 bits per heavy atom. The van der Waals surface area contributed by atoms with E-state index in [9.17, 15) is 10.1 Å². The van der Waals surface area contributed by atoms with Gasteiger partial charge < -0.3 is 5.32 Å². The summed E-state index contributed by atoms with van der Waals surface area (Å²) >= 11 is 6.95. The summed E-state index contributed by atoms with van der Waals surface area (Å²) in [6.07, 6.45) is 8.33. The first-order valence-electron chi connectivity index (χ1n) is 8.50. The Morgan fingerprint density at radius 2 is 2.00 bits per heavy atom. The van der Waals surface area contributed by atoms with E-state index in [1.807, 2.05) is 0 Å². The maximum atomic E-state index is 12.5. The summed E-state index contributed by atoms with van der Waals surface area (Å²) in [6, 6.07) is 2.32. The fraction of sp³-hybridized carbons (Fsp3) is 0.611. The van der Waals surface area contributed by atoms with Crippen LogP contribution in [-0.2, 0) is 17.6 Å². The van der Waals surface area contributed by atoms with Crippen LogP contribution < -0.4 is 5.32 Å². The average molecular weight is 347 g/mol. The van der Waals surface area contributed by atoms with Crippen LogP contribution >= 0.6 is 23.6 Å². The van der Waals surface area contributed by atoms with Crippen LogP contribution in [-0.4, -0.2) is 5.91 Å². The lowest BCUT2D eigenvalue weighted by Crippen LogP contribution is -2.25. The number of nitrogens with one attached hydrogen (secondary N) is 1. The lowest BCUT2D eigenvalue weighted by Gasteiger charge is -2.24. The molecule has 5 heteroatoms. The molecule has 122 valence electrons. The van der Waals surface area contributed by atoms with Crippen LogP contribution in [0.2, 0.25) is 0 Å². The van der Waals surface area contributed by atoms with Gasteiger partial charge in [-0.2, -0.15) is 5.26 Å². The molecule has 0 bridgehead atoms. The van der Waals surface area contributed by atoms with E-state index in [1.54, 1.807) is 0 Å². The third-order valence-corrected chi connectivity index (χ3v) is 6.54. The minimum atomic E-state index is 0.0657. The minimum absolute atomic E-state index is 0.0657. The predicted octanol–water partition coefficient (Wildman–Crippen LogP) is 4.99. The van der Waals surface area contributed by atoms with Crippen LogP contribution in [0.1, 0.15) is 62.1 Å². The quantitative estimate of drug-likeness (QED) is 0.767. The van der Waals surface area contributed by atoms with Crippen molar-refractivity contribution in [2.75, 3.05) is 5.32 Å². The molecule has 1 heterocycles. The van der Waals surface area contributed by atoms with Gasteiger partial charge in [-0.3, -0.25) is 4.79 Å². The monoisotopic (exact) mass is 346 g/mol. The molecular formula is C18H22N2OS2. The molecule has 1 atom stereocenters. The van der Waals surface area contributed by atoms with E-state index >= 15 is 0 Å². The Hall–Kier alpha value is -1.25. The maximum Gasteiger partial charge on any atom is 0.228 e. The molecule has 2 aliphatic carbocycles. The second kappa shape index (κ2) is 7.11. The number of carbonyl (C=O) groups is 1. The molecule has 1 amide bonds. The smallest absolute Gasteiger partial charge is 0.228 e. The van der Waals surface area contributed by atoms with Crippen molar-refractivity contribution in [3.05, 3.63) is 20.5 Å². The van der Waals surface area contributed by atoms with E-state index in [0.29, 0.717) is 16.5 Å². The molecule has 1 aromatic rings. The number of nitriles is 1. The first-order valence-corrected chi connectivity index (χ1v) is 9.72. The summed E-state index contributed by atoms with van der Waals surface area (Å²) < 4.78 is 0.837. The number of fused-ring (bicyclic) bond motifs is 1. The second-order valence-electron chi connectivity index (χ2n) is 6.83. The predicted molar refractivity (Wildman–Crippen MR) is 96.3 cm³/mol. The molecule has 0 aromatic carbocycles.